The van der Waals surface area contributed by atoms with Crippen molar-refractivity contribution < 1.29 is 44.9 Å². The Morgan fingerprint density at radius 1 is 0.500 bits per heavy atom. The van der Waals surface area contributed by atoms with Crippen molar-refractivity contribution >= 4 is 5.91 Å². The molecule has 0 spiro atoms. The summed E-state index contributed by atoms with van der Waals surface area (Å²) in [4.78, 5) is 13.1. The van der Waals surface area contributed by atoms with Gasteiger partial charge in [0, 0.05) is 0 Å². The van der Waals surface area contributed by atoms with Gasteiger partial charge in [-0.2, -0.15) is 0 Å². The zero-order chi connectivity index (χ0) is 49.6. The molecule has 0 aromatic rings. The molecule has 1 rings (SSSR count). The summed E-state index contributed by atoms with van der Waals surface area (Å²) in [6.45, 7) is 3.68. The molecule has 1 saturated heterocycles. The normalized spacial score (nSPS) is 20.1. The van der Waals surface area contributed by atoms with Crippen LogP contribution in [0.3, 0.4) is 0 Å². The zero-order valence-electron chi connectivity index (χ0n) is 44.2. The first-order valence-corrected chi connectivity index (χ1v) is 29.1. The topological polar surface area (TPSA) is 169 Å². The van der Waals surface area contributed by atoms with Gasteiger partial charge in [0.25, 0.3) is 0 Å². The number of amides is 1. The van der Waals surface area contributed by atoms with Gasteiger partial charge in [-0.15, -0.1) is 0 Å². The van der Waals surface area contributed by atoms with Gasteiger partial charge in [0.1, 0.15) is 30.5 Å². The van der Waals surface area contributed by atoms with Crippen LogP contribution in [0.15, 0.2) is 24.3 Å². The van der Waals surface area contributed by atoms with E-state index in [-0.39, 0.29) is 6.61 Å². The summed E-state index contributed by atoms with van der Waals surface area (Å²) >= 11 is 0. The highest BCUT2D eigenvalue weighted by atomic mass is 16.7. The first-order chi connectivity index (χ1) is 33.3. The van der Waals surface area contributed by atoms with E-state index in [0.717, 1.165) is 57.8 Å². The third kappa shape index (κ3) is 36.5. The van der Waals surface area contributed by atoms with E-state index < -0.39 is 61.5 Å². The standard InChI is InChI=1S/C58H111NO9/c1-3-5-7-9-11-13-15-16-17-18-19-20-21-22-23-24-25-26-27-28-29-30-31-32-33-34-35-37-39-41-43-45-47-52(62)57(66)59-50(49-67-58-56(65)55(64)54(63)53(48-60)68-58)51(61)46-44-42-40-38-36-14-12-10-8-6-4-2/h19-20,22-23,50-56,58,60-65H,3-18,21,24-49H2,1-2H3,(H,59,66)/b20-19-,23-22-. The minimum absolute atomic E-state index is 0.253. The number of allylic oxidation sites excluding steroid dienone is 4. The summed E-state index contributed by atoms with van der Waals surface area (Å²) in [5.74, 6) is -0.581. The van der Waals surface area contributed by atoms with Crippen LogP contribution in [0.1, 0.15) is 277 Å². The number of aliphatic hydroxyl groups is 6. The summed E-state index contributed by atoms with van der Waals surface area (Å²) in [6.07, 6.45) is 49.8. The number of hydrogen-bond donors (Lipinski definition) is 7. The maximum atomic E-state index is 13.1. The Morgan fingerprint density at radius 2 is 0.868 bits per heavy atom. The predicted octanol–water partition coefficient (Wildman–Crippen LogP) is 13.2. The van der Waals surface area contributed by atoms with Crippen molar-refractivity contribution in [2.75, 3.05) is 13.2 Å². The van der Waals surface area contributed by atoms with Crippen LogP contribution in [-0.2, 0) is 14.3 Å². The molecule has 402 valence electrons. The van der Waals surface area contributed by atoms with Gasteiger partial charge < -0.3 is 45.4 Å². The summed E-state index contributed by atoms with van der Waals surface area (Å²) in [5.41, 5.74) is 0. The number of aliphatic hydroxyl groups excluding tert-OH is 6. The predicted molar refractivity (Wildman–Crippen MR) is 283 cm³/mol. The third-order valence-corrected chi connectivity index (χ3v) is 14.2. The van der Waals surface area contributed by atoms with Crippen molar-refractivity contribution in [3.8, 4) is 0 Å². The Morgan fingerprint density at radius 3 is 1.26 bits per heavy atom. The minimum Gasteiger partial charge on any atom is -0.394 e. The van der Waals surface area contributed by atoms with E-state index in [2.05, 4.69) is 43.5 Å². The molecule has 7 N–H and O–H groups in total. The summed E-state index contributed by atoms with van der Waals surface area (Å²) in [6, 6.07) is -0.891. The lowest BCUT2D eigenvalue weighted by Crippen LogP contribution is -2.60. The molecule has 1 fully saturated rings. The molecule has 1 heterocycles. The zero-order valence-corrected chi connectivity index (χ0v) is 44.2. The van der Waals surface area contributed by atoms with Crippen LogP contribution in [0.4, 0.5) is 0 Å². The Bertz CT molecular complexity index is 1140. The molecule has 8 unspecified atom stereocenters. The summed E-state index contributed by atoms with van der Waals surface area (Å²) in [5, 5.41) is 65.0. The lowest BCUT2D eigenvalue weighted by molar-refractivity contribution is -0.302. The molecule has 1 aliphatic heterocycles. The highest BCUT2D eigenvalue weighted by Crippen LogP contribution is 2.23. The number of ether oxygens (including phenoxy) is 2. The highest BCUT2D eigenvalue weighted by molar-refractivity contribution is 5.80. The van der Waals surface area contributed by atoms with Crippen LogP contribution in [0.25, 0.3) is 0 Å². The number of hydrogen-bond acceptors (Lipinski definition) is 9. The van der Waals surface area contributed by atoms with Crippen LogP contribution in [0.5, 0.6) is 0 Å². The van der Waals surface area contributed by atoms with Gasteiger partial charge in [0.05, 0.1) is 25.4 Å². The van der Waals surface area contributed by atoms with Gasteiger partial charge in [-0.25, -0.2) is 0 Å². The maximum absolute atomic E-state index is 13.1. The fourth-order valence-corrected chi connectivity index (χ4v) is 9.44. The number of nitrogens with one attached hydrogen (secondary N) is 1. The molecule has 0 radical (unpaired) electrons. The molecule has 68 heavy (non-hydrogen) atoms. The number of rotatable bonds is 50. The molecule has 10 heteroatoms. The third-order valence-electron chi connectivity index (χ3n) is 14.2. The number of carbonyl (C=O) groups excluding carboxylic acids is 1. The fourth-order valence-electron chi connectivity index (χ4n) is 9.44. The van der Waals surface area contributed by atoms with Crippen molar-refractivity contribution in [2.45, 2.75) is 326 Å². The van der Waals surface area contributed by atoms with Gasteiger partial charge in [0.2, 0.25) is 5.91 Å². The molecular weight excluding hydrogens is 855 g/mol. The number of unbranched alkanes of at least 4 members (excludes halogenated alkanes) is 35. The highest BCUT2D eigenvalue weighted by Gasteiger charge is 2.44. The van der Waals surface area contributed by atoms with Crippen LogP contribution in [0, 0.1) is 0 Å². The van der Waals surface area contributed by atoms with Gasteiger partial charge in [-0.1, -0.05) is 256 Å². The SMILES string of the molecule is CCCCCCCCCCC/C=C\C/C=C\CCCCCCCCCCCCCCCCCCC(O)C(=O)NC(COC1OC(CO)C(O)C(O)C1O)C(O)CCCCCCCCCCCCC. The molecular formula is C58H111NO9. The van der Waals surface area contributed by atoms with Gasteiger partial charge >= 0.3 is 0 Å². The van der Waals surface area contributed by atoms with Crippen molar-refractivity contribution in [2.24, 2.45) is 0 Å². The van der Waals surface area contributed by atoms with E-state index in [9.17, 15) is 35.4 Å². The first kappa shape index (κ1) is 64.6. The Hall–Kier alpha value is -1.37. The lowest BCUT2D eigenvalue weighted by Gasteiger charge is -2.40. The van der Waals surface area contributed by atoms with Crippen LogP contribution >= 0.6 is 0 Å². The molecule has 0 aromatic carbocycles. The van der Waals surface area contributed by atoms with E-state index in [0.29, 0.717) is 12.8 Å². The smallest absolute Gasteiger partial charge is 0.249 e. The van der Waals surface area contributed by atoms with E-state index in [1.807, 2.05) is 0 Å². The van der Waals surface area contributed by atoms with Crippen LogP contribution < -0.4 is 5.32 Å². The number of carbonyl (C=O) groups is 1. The lowest BCUT2D eigenvalue weighted by atomic mass is 9.99. The second-order valence-electron chi connectivity index (χ2n) is 20.6. The monoisotopic (exact) mass is 966 g/mol. The molecule has 1 aliphatic rings. The van der Waals surface area contributed by atoms with Gasteiger partial charge in [0.15, 0.2) is 6.29 Å². The van der Waals surface area contributed by atoms with E-state index in [4.69, 9.17) is 9.47 Å². The first-order valence-electron chi connectivity index (χ1n) is 29.1. The second-order valence-corrected chi connectivity index (χ2v) is 20.6. The van der Waals surface area contributed by atoms with E-state index >= 15 is 0 Å². The Balaban J connectivity index is 2.12. The van der Waals surface area contributed by atoms with Crippen LogP contribution in [-0.4, -0.2) is 98.7 Å². The quantitative estimate of drug-likeness (QED) is 0.0232. The molecule has 0 bridgehead atoms. The molecule has 0 aliphatic carbocycles. The fraction of sp³-hybridized carbons (Fsp3) is 0.914. The van der Waals surface area contributed by atoms with Gasteiger partial charge in [-0.05, 0) is 44.9 Å². The van der Waals surface area contributed by atoms with Crippen molar-refractivity contribution in [1.29, 1.82) is 0 Å². The average Bonchev–Trinajstić information content (AvgIpc) is 3.34. The van der Waals surface area contributed by atoms with Gasteiger partial charge in [-0.3, -0.25) is 4.79 Å². The molecule has 1 amide bonds. The van der Waals surface area contributed by atoms with E-state index in [1.165, 1.54) is 193 Å². The van der Waals surface area contributed by atoms with E-state index in [1.54, 1.807) is 0 Å². The van der Waals surface area contributed by atoms with Crippen LogP contribution in [0.2, 0.25) is 0 Å². The molecule has 0 aromatic heterocycles. The largest absolute Gasteiger partial charge is 0.394 e. The Kier molecular flexibility index (Phi) is 45.6. The van der Waals surface area contributed by atoms with Crippen molar-refractivity contribution in [3.05, 3.63) is 24.3 Å². The summed E-state index contributed by atoms with van der Waals surface area (Å²) in [7, 11) is 0. The maximum Gasteiger partial charge on any atom is 0.249 e. The molecule has 10 nitrogen and oxygen atoms in total. The Labute approximate surface area is 418 Å². The summed E-state index contributed by atoms with van der Waals surface area (Å²) < 4.78 is 11.2. The second kappa shape index (κ2) is 47.9. The minimum atomic E-state index is -1.60. The molecule has 0 saturated carbocycles. The average molecular weight is 967 g/mol. The molecule has 8 atom stereocenters. The van der Waals surface area contributed by atoms with Crippen molar-refractivity contribution in [1.82, 2.24) is 5.32 Å². The van der Waals surface area contributed by atoms with Crippen molar-refractivity contribution in [3.63, 3.8) is 0 Å².